The lowest BCUT2D eigenvalue weighted by atomic mass is 9.85. The van der Waals surface area contributed by atoms with Crippen molar-refractivity contribution in [3.8, 4) is 11.3 Å². The fourth-order valence-electron chi connectivity index (χ4n) is 3.25. The van der Waals surface area contributed by atoms with E-state index in [0.29, 0.717) is 29.3 Å². The van der Waals surface area contributed by atoms with Gasteiger partial charge in [-0.1, -0.05) is 18.6 Å². The van der Waals surface area contributed by atoms with Crippen LogP contribution in [0.25, 0.3) is 11.3 Å². The van der Waals surface area contributed by atoms with Gasteiger partial charge in [-0.2, -0.15) is 0 Å². The van der Waals surface area contributed by atoms with Crippen molar-refractivity contribution in [3.63, 3.8) is 0 Å². The third kappa shape index (κ3) is 3.97. The molecule has 4 nitrogen and oxygen atoms in total. The van der Waals surface area contributed by atoms with Crippen LogP contribution in [0.5, 0.6) is 0 Å². The zero-order chi connectivity index (χ0) is 16.9. The molecule has 1 amide bonds. The van der Waals surface area contributed by atoms with Crippen LogP contribution in [-0.4, -0.2) is 23.5 Å². The normalized spacial score (nSPS) is 20.6. The van der Waals surface area contributed by atoms with Crippen molar-refractivity contribution in [2.24, 2.45) is 11.7 Å². The fourth-order valence-corrected chi connectivity index (χ4v) is 3.25. The summed E-state index contributed by atoms with van der Waals surface area (Å²) in [4.78, 5) is 16.7. The Kier molecular flexibility index (Phi) is 5.20. The van der Waals surface area contributed by atoms with Gasteiger partial charge < -0.3 is 11.1 Å². The predicted octanol–water partition coefficient (Wildman–Crippen LogP) is 3.14. The lowest BCUT2D eigenvalue weighted by Gasteiger charge is -2.28. The van der Waals surface area contributed by atoms with E-state index in [1.54, 1.807) is 30.5 Å². The number of amides is 1. The monoisotopic (exact) mass is 327 g/mol. The van der Waals surface area contributed by atoms with Crippen LogP contribution in [0.15, 0.2) is 42.6 Å². The molecule has 1 heterocycles. The average Bonchev–Trinajstić information content (AvgIpc) is 2.62. The van der Waals surface area contributed by atoms with E-state index in [0.717, 1.165) is 25.7 Å². The number of carbonyl (C=O) groups excluding carboxylic acids is 1. The molecule has 0 bridgehead atoms. The molecule has 0 aliphatic heterocycles. The van der Waals surface area contributed by atoms with Gasteiger partial charge in [-0.15, -0.1) is 0 Å². The third-order valence-electron chi connectivity index (χ3n) is 4.60. The van der Waals surface area contributed by atoms with Crippen LogP contribution in [0.2, 0.25) is 0 Å². The second-order valence-corrected chi connectivity index (χ2v) is 6.38. The summed E-state index contributed by atoms with van der Waals surface area (Å²) in [5, 5.41) is 3.07. The van der Waals surface area contributed by atoms with Gasteiger partial charge in [-0.25, -0.2) is 4.39 Å². The summed E-state index contributed by atoms with van der Waals surface area (Å²) >= 11 is 0. The number of aromatic nitrogens is 1. The van der Waals surface area contributed by atoms with Gasteiger partial charge in [0.25, 0.3) is 5.91 Å². The van der Waals surface area contributed by atoms with Crippen molar-refractivity contribution in [3.05, 3.63) is 54.0 Å². The first kappa shape index (κ1) is 16.6. The molecule has 1 aliphatic rings. The smallest absolute Gasteiger partial charge is 0.253 e. The molecular weight excluding hydrogens is 305 g/mol. The maximum atomic E-state index is 13.3. The van der Waals surface area contributed by atoms with E-state index < -0.39 is 0 Å². The molecule has 0 unspecified atom stereocenters. The van der Waals surface area contributed by atoms with Crippen LogP contribution >= 0.6 is 0 Å². The second kappa shape index (κ2) is 7.53. The number of nitrogens with two attached hydrogens (primary N) is 1. The van der Waals surface area contributed by atoms with Crippen molar-refractivity contribution in [1.29, 1.82) is 0 Å². The summed E-state index contributed by atoms with van der Waals surface area (Å²) in [6.45, 7) is 0.677. The average molecular weight is 327 g/mol. The van der Waals surface area contributed by atoms with Gasteiger partial charge in [-0.3, -0.25) is 9.78 Å². The highest BCUT2D eigenvalue weighted by atomic mass is 19.1. The van der Waals surface area contributed by atoms with Crippen LogP contribution in [0.3, 0.4) is 0 Å². The molecule has 0 saturated heterocycles. The molecule has 1 aromatic heterocycles. The van der Waals surface area contributed by atoms with Gasteiger partial charge in [0.1, 0.15) is 5.82 Å². The quantitative estimate of drug-likeness (QED) is 0.906. The van der Waals surface area contributed by atoms with E-state index in [-0.39, 0.29) is 17.8 Å². The second-order valence-electron chi connectivity index (χ2n) is 6.38. The highest BCUT2D eigenvalue weighted by Gasteiger charge is 2.22. The minimum Gasteiger partial charge on any atom is -0.349 e. The van der Waals surface area contributed by atoms with Crippen molar-refractivity contribution >= 4 is 5.91 Å². The van der Waals surface area contributed by atoms with Crippen molar-refractivity contribution in [1.82, 2.24) is 10.3 Å². The SMILES string of the molecule is NC[C@@H]1CCC[C@H](NC(=O)c2ccc(-c3cccc(F)c3)nc2)C1. The zero-order valence-corrected chi connectivity index (χ0v) is 13.5. The maximum Gasteiger partial charge on any atom is 0.253 e. The minimum atomic E-state index is -0.303. The molecule has 3 rings (SSSR count). The summed E-state index contributed by atoms with van der Waals surface area (Å²) in [6, 6.07) is 9.91. The van der Waals surface area contributed by atoms with Gasteiger partial charge >= 0.3 is 0 Å². The first-order chi connectivity index (χ1) is 11.7. The molecule has 1 aromatic carbocycles. The number of halogens is 1. The van der Waals surface area contributed by atoms with Gasteiger partial charge in [0.2, 0.25) is 0 Å². The molecule has 5 heteroatoms. The number of nitrogens with one attached hydrogen (secondary N) is 1. The number of pyridine rings is 1. The van der Waals surface area contributed by atoms with Crippen molar-refractivity contribution in [2.45, 2.75) is 31.7 Å². The fraction of sp³-hybridized carbons (Fsp3) is 0.368. The first-order valence-corrected chi connectivity index (χ1v) is 8.38. The highest BCUT2D eigenvalue weighted by Crippen LogP contribution is 2.24. The first-order valence-electron chi connectivity index (χ1n) is 8.38. The summed E-state index contributed by atoms with van der Waals surface area (Å²) in [7, 11) is 0. The zero-order valence-electron chi connectivity index (χ0n) is 13.5. The largest absolute Gasteiger partial charge is 0.349 e. The van der Waals surface area contributed by atoms with Crippen LogP contribution in [-0.2, 0) is 0 Å². The number of hydrogen-bond acceptors (Lipinski definition) is 3. The molecule has 3 N–H and O–H groups in total. The number of hydrogen-bond donors (Lipinski definition) is 2. The van der Waals surface area contributed by atoms with Crippen LogP contribution in [0.4, 0.5) is 4.39 Å². The molecular formula is C19H22FN3O. The minimum absolute atomic E-state index is 0.115. The Morgan fingerprint density at radius 1 is 1.29 bits per heavy atom. The van der Waals surface area contributed by atoms with Gasteiger partial charge in [0.05, 0.1) is 11.3 Å². The molecule has 2 aromatic rings. The highest BCUT2D eigenvalue weighted by molar-refractivity contribution is 5.94. The number of carbonyl (C=O) groups is 1. The molecule has 0 spiro atoms. The molecule has 0 radical (unpaired) electrons. The third-order valence-corrected chi connectivity index (χ3v) is 4.60. The van der Waals surface area contributed by atoms with Crippen molar-refractivity contribution in [2.75, 3.05) is 6.54 Å². The lowest BCUT2D eigenvalue weighted by molar-refractivity contribution is 0.0920. The van der Waals surface area contributed by atoms with Crippen LogP contribution in [0, 0.1) is 11.7 Å². The molecule has 1 fully saturated rings. The van der Waals surface area contributed by atoms with Crippen LogP contribution < -0.4 is 11.1 Å². The van der Waals surface area contributed by atoms with Gasteiger partial charge in [0, 0.05) is 17.8 Å². The summed E-state index contributed by atoms with van der Waals surface area (Å²) in [5.41, 5.74) is 7.60. The molecule has 1 saturated carbocycles. The number of benzene rings is 1. The standard InChI is InChI=1S/C19H22FN3O/c20-16-5-2-4-14(10-16)18-8-7-15(12-22-18)19(24)23-17-6-1-3-13(9-17)11-21/h2,4-5,7-8,10,12-13,17H,1,3,6,9,11,21H2,(H,23,24)/t13-,17+/m1/s1. The summed E-state index contributed by atoms with van der Waals surface area (Å²) in [5.74, 6) is 0.0800. The molecule has 1 aliphatic carbocycles. The van der Waals surface area contributed by atoms with Gasteiger partial charge in [0.15, 0.2) is 0 Å². The molecule has 2 atom stereocenters. The Bertz CT molecular complexity index is 702. The maximum absolute atomic E-state index is 13.3. The summed E-state index contributed by atoms with van der Waals surface area (Å²) in [6.07, 6.45) is 5.73. The van der Waals surface area contributed by atoms with E-state index in [1.165, 1.54) is 12.1 Å². The van der Waals surface area contributed by atoms with Crippen molar-refractivity contribution < 1.29 is 9.18 Å². The Hall–Kier alpha value is -2.27. The Morgan fingerprint density at radius 3 is 2.88 bits per heavy atom. The molecule has 24 heavy (non-hydrogen) atoms. The topological polar surface area (TPSA) is 68.0 Å². The molecule has 126 valence electrons. The Balaban J connectivity index is 1.65. The van der Waals surface area contributed by atoms with E-state index in [4.69, 9.17) is 5.73 Å². The predicted molar refractivity (Wildman–Crippen MR) is 91.9 cm³/mol. The van der Waals surface area contributed by atoms with Gasteiger partial charge in [-0.05, 0) is 56.0 Å². The van der Waals surface area contributed by atoms with Crippen LogP contribution in [0.1, 0.15) is 36.0 Å². The van der Waals surface area contributed by atoms with E-state index in [2.05, 4.69) is 10.3 Å². The number of rotatable bonds is 4. The Morgan fingerprint density at radius 2 is 2.17 bits per heavy atom. The Labute approximate surface area is 141 Å². The number of nitrogens with zero attached hydrogens (tertiary/aromatic N) is 1. The van der Waals surface area contributed by atoms with E-state index in [9.17, 15) is 9.18 Å². The lowest BCUT2D eigenvalue weighted by Crippen LogP contribution is -2.39. The van der Waals surface area contributed by atoms with E-state index in [1.807, 2.05) is 0 Å². The summed E-state index contributed by atoms with van der Waals surface area (Å²) < 4.78 is 13.3. The van der Waals surface area contributed by atoms with E-state index >= 15 is 0 Å².